The van der Waals surface area contributed by atoms with Crippen LogP contribution >= 0.6 is 0 Å². The summed E-state index contributed by atoms with van der Waals surface area (Å²) in [7, 11) is 2.22. The maximum absolute atomic E-state index is 4.70. The van der Waals surface area contributed by atoms with E-state index >= 15 is 0 Å². The highest BCUT2D eigenvalue weighted by Gasteiger charge is 2.23. The first-order valence-corrected chi connectivity index (χ1v) is 7.99. The van der Waals surface area contributed by atoms with Gasteiger partial charge in [0, 0.05) is 37.1 Å². The lowest BCUT2D eigenvalue weighted by molar-refractivity contribution is 0.426. The minimum Gasteiger partial charge on any atom is -0.356 e. The maximum Gasteiger partial charge on any atom is 0.137 e. The van der Waals surface area contributed by atoms with E-state index < -0.39 is 0 Å². The lowest BCUT2D eigenvalue weighted by Gasteiger charge is -2.33. The quantitative estimate of drug-likeness (QED) is 0.822. The lowest BCUT2D eigenvalue weighted by Crippen LogP contribution is -2.35. The third-order valence-corrected chi connectivity index (χ3v) is 4.79. The Morgan fingerprint density at radius 1 is 1.15 bits per heavy atom. The second kappa shape index (κ2) is 5.94. The van der Waals surface area contributed by atoms with Crippen molar-refractivity contribution in [3.8, 4) is 0 Å². The number of anilines is 1. The van der Waals surface area contributed by atoms with Crippen LogP contribution in [0.4, 0.5) is 5.82 Å². The van der Waals surface area contributed by atoms with E-state index in [4.69, 9.17) is 9.98 Å². The Morgan fingerprint density at radius 2 is 1.95 bits per heavy atom. The van der Waals surface area contributed by atoms with Crippen molar-refractivity contribution in [3.63, 3.8) is 0 Å². The summed E-state index contributed by atoms with van der Waals surface area (Å²) in [6.45, 7) is 3.09. The Hall–Kier alpha value is -1.38. The molecular weight excluding hydrogens is 246 g/mol. The Labute approximate surface area is 122 Å². The van der Waals surface area contributed by atoms with Crippen LogP contribution in [-0.4, -0.2) is 30.3 Å². The molecule has 0 bridgehead atoms. The first kappa shape index (κ1) is 13.6. The Bertz CT molecular complexity index is 501. The van der Waals surface area contributed by atoms with Crippen LogP contribution in [0.25, 0.3) is 0 Å². The monoisotopic (exact) mass is 271 g/mol. The van der Waals surface area contributed by atoms with Crippen LogP contribution in [0.5, 0.6) is 0 Å². The Balaban J connectivity index is 1.96. The van der Waals surface area contributed by atoms with Crippen molar-refractivity contribution >= 4 is 11.5 Å². The number of hydrogen-bond donors (Lipinski definition) is 0. The van der Waals surface area contributed by atoms with E-state index in [1.165, 1.54) is 48.9 Å². The van der Waals surface area contributed by atoms with Crippen LogP contribution in [0.2, 0.25) is 0 Å². The van der Waals surface area contributed by atoms with E-state index in [2.05, 4.69) is 24.9 Å². The van der Waals surface area contributed by atoms with Crippen LogP contribution in [0.15, 0.2) is 17.3 Å². The van der Waals surface area contributed by atoms with Gasteiger partial charge in [-0.1, -0.05) is 19.3 Å². The molecule has 0 saturated heterocycles. The van der Waals surface area contributed by atoms with Crippen LogP contribution in [-0.2, 0) is 6.42 Å². The van der Waals surface area contributed by atoms with E-state index in [0.717, 1.165) is 25.2 Å². The zero-order valence-corrected chi connectivity index (χ0v) is 12.7. The lowest BCUT2D eigenvalue weighted by atomic mass is 9.93. The van der Waals surface area contributed by atoms with Crippen molar-refractivity contribution in [3.05, 3.63) is 23.4 Å². The summed E-state index contributed by atoms with van der Waals surface area (Å²) in [5.74, 6) is 1.15. The number of aromatic nitrogens is 1. The van der Waals surface area contributed by atoms with Gasteiger partial charge in [-0.2, -0.15) is 0 Å². The normalized spacial score (nSPS) is 20.0. The van der Waals surface area contributed by atoms with Crippen molar-refractivity contribution in [2.75, 3.05) is 18.5 Å². The molecule has 3 rings (SSSR count). The van der Waals surface area contributed by atoms with Crippen LogP contribution in [0, 0.1) is 0 Å². The molecule has 0 atom stereocenters. The summed E-state index contributed by atoms with van der Waals surface area (Å²) in [5.41, 5.74) is 3.90. The molecular formula is C17H25N3. The smallest absolute Gasteiger partial charge is 0.137 e. The molecule has 0 radical (unpaired) electrons. The van der Waals surface area contributed by atoms with Gasteiger partial charge in [-0.3, -0.25) is 4.99 Å². The second-order valence-corrected chi connectivity index (χ2v) is 6.14. The topological polar surface area (TPSA) is 28.5 Å². The van der Waals surface area contributed by atoms with Gasteiger partial charge in [0.2, 0.25) is 0 Å². The molecule has 1 aromatic rings. The molecule has 3 nitrogen and oxygen atoms in total. The van der Waals surface area contributed by atoms with Gasteiger partial charge in [-0.05, 0) is 44.2 Å². The van der Waals surface area contributed by atoms with Crippen LogP contribution < -0.4 is 4.90 Å². The van der Waals surface area contributed by atoms with Crippen molar-refractivity contribution in [1.82, 2.24) is 4.98 Å². The van der Waals surface area contributed by atoms with E-state index in [9.17, 15) is 0 Å². The number of pyridine rings is 1. The fraction of sp³-hybridized carbons (Fsp3) is 0.647. The van der Waals surface area contributed by atoms with Crippen LogP contribution in [0.3, 0.4) is 0 Å². The van der Waals surface area contributed by atoms with E-state index in [0.29, 0.717) is 6.04 Å². The predicted molar refractivity (Wildman–Crippen MR) is 84.9 cm³/mol. The van der Waals surface area contributed by atoms with E-state index in [1.807, 2.05) is 6.20 Å². The van der Waals surface area contributed by atoms with Gasteiger partial charge < -0.3 is 4.90 Å². The molecule has 1 aliphatic heterocycles. The number of fused-ring (bicyclic) bond motifs is 1. The molecule has 1 aromatic heterocycles. The molecule has 108 valence electrons. The predicted octanol–water partition coefficient (Wildman–Crippen LogP) is 3.61. The molecule has 0 spiro atoms. The molecule has 1 saturated carbocycles. The molecule has 0 N–H and O–H groups in total. The van der Waals surface area contributed by atoms with E-state index in [-0.39, 0.29) is 0 Å². The van der Waals surface area contributed by atoms with Crippen molar-refractivity contribution in [2.45, 2.75) is 57.9 Å². The third-order valence-electron chi connectivity index (χ3n) is 4.79. The maximum atomic E-state index is 4.70. The third kappa shape index (κ3) is 2.58. The summed E-state index contributed by atoms with van der Waals surface area (Å²) < 4.78 is 0. The standard InChI is InChI=1S/C17H25N3/c1-13-16-14(7-6-11-18-13)10-12-19-17(16)20(2)15-8-4-3-5-9-15/h10,12,15H,3-9,11H2,1-2H3. The summed E-state index contributed by atoms with van der Waals surface area (Å²) in [4.78, 5) is 11.8. The average Bonchev–Trinajstić information content (AvgIpc) is 2.69. The number of aryl methyl sites for hydroxylation is 1. The molecule has 0 unspecified atom stereocenters. The molecule has 2 heterocycles. The summed E-state index contributed by atoms with van der Waals surface area (Å²) >= 11 is 0. The zero-order chi connectivity index (χ0) is 13.9. The molecule has 0 amide bonds. The van der Waals surface area contributed by atoms with Crippen LogP contribution in [0.1, 0.15) is 56.6 Å². The molecule has 0 aromatic carbocycles. The highest BCUT2D eigenvalue weighted by atomic mass is 15.2. The van der Waals surface area contributed by atoms with Crippen molar-refractivity contribution in [1.29, 1.82) is 0 Å². The van der Waals surface area contributed by atoms with Crippen molar-refractivity contribution < 1.29 is 0 Å². The van der Waals surface area contributed by atoms with Gasteiger partial charge in [0.25, 0.3) is 0 Å². The highest BCUT2D eigenvalue weighted by molar-refractivity contribution is 6.04. The summed E-state index contributed by atoms with van der Waals surface area (Å²) in [6, 6.07) is 2.83. The molecule has 3 heteroatoms. The fourth-order valence-corrected chi connectivity index (χ4v) is 3.60. The second-order valence-electron chi connectivity index (χ2n) is 6.14. The largest absolute Gasteiger partial charge is 0.356 e. The van der Waals surface area contributed by atoms with Gasteiger partial charge in [-0.15, -0.1) is 0 Å². The average molecular weight is 271 g/mol. The first-order chi connectivity index (χ1) is 9.77. The Morgan fingerprint density at radius 3 is 2.75 bits per heavy atom. The van der Waals surface area contributed by atoms with Gasteiger partial charge in [0.05, 0.1) is 0 Å². The highest BCUT2D eigenvalue weighted by Crippen LogP contribution is 2.30. The minimum absolute atomic E-state index is 0.652. The molecule has 2 aliphatic rings. The van der Waals surface area contributed by atoms with Gasteiger partial charge in [-0.25, -0.2) is 4.98 Å². The Kier molecular flexibility index (Phi) is 4.04. The number of hydrogen-bond acceptors (Lipinski definition) is 3. The number of nitrogens with zero attached hydrogens (tertiary/aromatic N) is 3. The zero-order valence-electron chi connectivity index (χ0n) is 12.7. The summed E-state index contributed by atoms with van der Waals surface area (Å²) in [5, 5.41) is 0. The molecule has 1 aliphatic carbocycles. The van der Waals surface area contributed by atoms with Gasteiger partial charge in [0.1, 0.15) is 5.82 Å². The summed E-state index contributed by atoms with van der Waals surface area (Å²) in [6.07, 6.45) is 11.0. The number of rotatable bonds is 2. The fourth-order valence-electron chi connectivity index (χ4n) is 3.60. The van der Waals surface area contributed by atoms with E-state index in [1.54, 1.807) is 0 Å². The molecule has 20 heavy (non-hydrogen) atoms. The SMILES string of the molecule is CC1=NCCCc2ccnc(N(C)C3CCCCC3)c21. The van der Waals surface area contributed by atoms with Gasteiger partial charge in [0.15, 0.2) is 0 Å². The van der Waals surface area contributed by atoms with Crippen molar-refractivity contribution in [2.24, 2.45) is 4.99 Å². The number of aliphatic imine (C=N–C) groups is 1. The minimum atomic E-state index is 0.652. The van der Waals surface area contributed by atoms with Gasteiger partial charge >= 0.3 is 0 Å². The molecule has 1 fully saturated rings. The first-order valence-electron chi connectivity index (χ1n) is 7.99.